The summed E-state index contributed by atoms with van der Waals surface area (Å²) in [6, 6.07) is 0.514. The Morgan fingerprint density at radius 3 is 2.77 bits per heavy atom. The van der Waals surface area contributed by atoms with Gasteiger partial charge in [0.15, 0.2) is 5.82 Å². The summed E-state index contributed by atoms with van der Waals surface area (Å²) in [5.41, 5.74) is -0.496. The number of alkyl halides is 3. The van der Waals surface area contributed by atoms with E-state index in [1.54, 1.807) is 17.8 Å². The molecule has 0 saturated carbocycles. The highest BCUT2D eigenvalue weighted by Crippen LogP contribution is 2.30. The number of anilines is 1. The van der Waals surface area contributed by atoms with Crippen molar-refractivity contribution < 1.29 is 18.0 Å². The summed E-state index contributed by atoms with van der Waals surface area (Å²) in [7, 11) is 0. The number of carbonyl (C=O) groups is 1. The quantitative estimate of drug-likeness (QED) is 0.781. The zero-order valence-corrected chi connectivity index (χ0v) is 14.8. The highest BCUT2D eigenvalue weighted by atomic mass is 19.4. The molecule has 11 heteroatoms. The summed E-state index contributed by atoms with van der Waals surface area (Å²) in [4.78, 5) is 11.9. The van der Waals surface area contributed by atoms with Gasteiger partial charge in [0.1, 0.15) is 5.69 Å². The first-order valence-electron chi connectivity index (χ1n) is 8.25. The number of urea groups is 1. The molecule has 0 saturated heterocycles. The van der Waals surface area contributed by atoms with E-state index in [2.05, 4.69) is 26.0 Å². The van der Waals surface area contributed by atoms with Crippen molar-refractivity contribution in [2.24, 2.45) is 5.92 Å². The molecule has 0 aliphatic carbocycles. The van der Waals surface area contributed by atoms with Gasteiger partial charge in [0.2, 0.25) is 0 Å². The van der Waals surface area contributed by atoms with E-state index in [9.17, 15) is 18.0 Å². The number of halogens is 3. The maximum absolute atomic E-state index is 13.0. The predicted molar refractivity (Wildman–Crippen MR) is 88.5 cm³/mol. The third-order valence-corrected chi connectivity index (χ3v) is 3.52. The monoisotopic (exact) mass is 373 g/mol. The average molecular weight is 373 g/mol. The predicted octanol–water partition coefficient (Wildman–Crippen LogP) is 2.67. The van der Waals surface area contributed by atoms with Gasteiger partial charge in [0.05, 0.1) is 11.9 Å². The van der Waals surface area contributed by atoms with E-state index in [1.807, 2.05) is 6.92 Å². The van der Waals surface area contributed by atoms with Crippen LogP contribution in [0.3, 0.4) is 0 Å². The molecule has 0 aromatic carbocycles. The number of aromatic nitrogens is 5. The number of nitrogens with zero attached hydrogens (tertiary/aromatic N) is 5. The minimum absolute atomic E-state index is 0.0373. The Morgan fingerprint density at radius 1 is 1.38 bits per heavy atom. The zero-order valence-electron chi connectivity index (χ0n) is 14.8. The van der Waals surface area contributed by atoms with Gasteiger partial charge >= 0.3 is 12.2 Å². The summed E-state index contributed by atoms with van der Waals surface area (Å²) in [6.07, 6.45) is -1.97. The lowest BCUT2D eigenvalue weighted by Gasteiger charge is -2.16. The molecule has 0 aliphatic rings. The van der Waals surface area contributed by atoms with E-state index >= 15 is 0 Å². The van der Waals surface area contributed by atoms with Gasteiger partial charge in [0, 0.05) is 19.6 Å². The Kier molecular flexibility index (Phi) is 6.22. The van der Waals surface area contributed by atoms with Crippen molar-refractivity contribution >= 4 is 11.8 Å². The molecule has 2 rings (SSSR count). The van der Waals surface area contributed by atoms with Crippen LogP contribution in [0.4, 0.5) is 23.8 Å². The third kappa shape index (κ3) is 5.46. The first-order chi connectivity index (χ1) is 12.2. The van der Waals surface area contributed by atoms with E-state index in [0.717, 1.165) is 17.2 Å². The summed E-state index contributed by atoms with van der Waals surface area (Å²) >= 11 is 0. The van der Waals surface area contributed by atoms with Crippen LogP contribution in [0.1, 0.15) is 31.7 Å². The van der Waals surface area contributed by atoms with E-state index in [0.29, 0.717) is 18.1 Å². The topological polar surface area (TPSA) is 89.7 Å². The Bertz CT molecular complexity index is 738. The smallest absolute Gasteiger partial charge is 0.337 e. The van der Waals surface area contributed by atoms with Gasteiger partial charge in [-0.25, -0.2) is 4.79 Å². The summed E-state index contributed by atoms with van der Waals surface area (Å²) in [5.74, 6) is 0.0579. The Balaban J connectivity index is 1.84. The van der Waals surface area contributed by atoms with Gasteiger partial charge in [-0.1, -0.05) is 19.1 Å². The molecule has 2 heterocycles. The second kappa shape index (κ2) is 8.19. The fraction of sp³-hybridized carbons (Fsp3) is 0.600. The molecule has 26 heavy (non-hydrogen) atoms. The van der Waals surface area contributed by atoms with Crippen LogP contribution in [0, 0.1) is 12.8 Å². The molecule has 0 spiro atoms. The molecule has 0 unspecified atom stereocenters. The van der Waals surface area contributed by atoms with Crippen LogP contribution in [-0.2, 0) is 19.3 Å². The van der Waals surface area contributed by atoms with Crippen molar-refractivity contribution in [2.75, 3.05) is 11.9 Å². The SMILES string of the molecule is CCCn1cc(NC(=O)NC[C@@H](C)Cn2nc(C)cc2C(F)(F)F)nn1. The molecule has 0 aliphatic heterocycles. The van der Waals surface area contributed by atoms with E-state index in [4.69, 9.17) is 0 Å². The van der Waals surface area contributed by atoms with Crippen LogP contribution in [0.5, 0.6) is 0 Å². The Hall–Kier alpha value is -2.59. The molecular weight excluding hydrogens is 351 g/mol. The van der Waals surface area contributed by atoms with E-state index in [-0.39, 0.29) is 19.0 Å². The van der Waals surface area contributed by atoms with Crippen LogP contribution in [0.2, 0.25) is 0 Å². The standard InChI is InChI=1S/C15H22F3N7O/c1-4-5-24-9-13(21-23-24)20-14(26)19-7-10(2)8-25-12(15(16,17)18)6-11(3)22-25/h6,9-10H,4-5,7-8H2,1-3H3,(H2,19,20,26)/t10-/m1/s1. The van der Waals surface area contributed by atoms with Crippen molar-refractivity contribution in [3.05, 3.63) is 23.7 Å². The molecule has 0 bridgehead atoms. The first-order valence-corrected chi connectivity index (χ1v) is 8.25. The molecule has 2 aromatic heterocycles. The van der Waals surface area contributed by atoms with Gasteiger partial charge in [-0.3, -0.25) is 14.7 Å². The molecule has 2 N–H and O–H groups in total. The van der Waals surface area contributed by atoms with Crippen molar-refractivity contribution in [2.45, 2.75) is 46.5 Å². The van der Waals surface area contributed by atoms with Crippen LogP contribution in [0.15, 0.2) is 12.3 Å². The zero-order chi connectivity index (χ0) is 19.3. The normalized spacial score (nSPS) is 12.8. The minimum atomic E-state index is -4.46. The van der Waals surface area contributed by atoms with Crippen molar-refractivity contribution in [1.29, 1.82) is 0 Å². The lowest BCUT2D eigenvalue weighted by molar-refractivity contribution is -0.144. The van der Waals surface area contributed by atoms with Crippen molar-refractivity contribution in [3.63, 3.8) is 0 Å². The molecule has 144 valence electrons. The largest absolute Gasteiger partial charge is 0.433 e. The van der Waals surface area contributed by atoms with Crippen LogP contribution < -0.4 is 10.6 Å². The fourth-order valence-corrected chi connectivity index (χ4v) is 2.39. The highest BCUT2D eigenvalue weighted by Gasteiger charge is 2.35. The third-order valence-electron chi connectivity index (χ3n) is 3.52. The molecule has 2 amide bonds. The molecule has 8 nitrogen and oxygen atoms in total. The van der Waals surface area contributed by atoms with Gasteiger partial charge in [-0.2, -0.15) is 18.3 Å². The van der Waals surface area contributed by atoms with Gasteiger partial charge < -0.3 is 5.32 Å². The maximum Gasteiger partial charge on any atom is 0.433 e. The maximum atomic E-state index is 13.0. The lowest BCUT2D eigenvalue weighted by atomic mass is 10.2. The summed E-state index contributed by atoms with van der Waals surface area (Å²) < 4.78 is 41.4. The molecule has 2 aromatic rings. The molecular formula is C15H22F3N7O. The minimum Gasteiger partial charge on any atom is -0.337 e. The number of rotatable bonds is 7. The Labute approximate surface area is 148 Å². The fourth-order valence-electron chi connectivity index (χ4n) is 2.39. The van der Waals surface area contributed by atoms with Crippen molar-refractivity contribution in [3.8, 4) is 0 Å². The number of carbonyl (C=O) groups excluding carboxylic acids is 1. The van der Waals surface area contributed by atoms with E-state index in [1.165, 1.54) is 6.92 Å². The Morgan fingerprint density at radius 2 is 2.12 bits per heavy atom. The number of nitrogens with one attached hydrogen (secondary N) is 2. The second-order valence-corrected chi connectivity index (χ2v) is 6.16. The summed E-state index contributed by atoms with van der Waals surface area (Å²) in [6.45, 7) is 6.15. The van der Waals surface area contributed by atoms with Crippen molar-refractivity contribution in [1.82, 2.24) is 30.1 Å². The number of amides is 2. The van der Waals surface area contributed by atoms with Gasteiger partial charge in [-0.15, -0.1) is 5.10 Å². The number of aryl methyl sites for hydroxylation is 2. The number of hydrogen-bond donors (Lipinski definition) is 2. The number of hydrogen-bond acceptors (Lipinski definition) is 4. The first kappa shape index (κ1) is 19.7. The van der Waals surface area contributed by atoms with Gasteiger partial charge in [-0.05, 0) is 25.3 Å². The molecule has 0 fully saturated rings. The lowest BCUT2D eigenvalue weighted by Crippen LogP contribution is -2.34. The summed E-state index contributed by atoms with van der Waals surface area (Å²) in [5, 5.41) is 16.7. The van der Waals surface area contributed by atoms with Crippen LogP contribution >= 0.6 is 0 Å². The van der Waals surface area contributed by atoms with Gasteiger partial charge in [0.25, 0.3) is 0 Å². The van der Waals surface area contributed by atoms with Crippen LogP contribution in [0.25, 0.3) is 0 Å². The molecule has 1 atom stereocenters. The van der Waals surface area contributed by atoms with E-state index < -0.39 is 17.9 Å². The average Bonchev–Trinajstić information content (AvgIpc) is 3.12. The highest BCUT2D eigenvalue weighted by molar-refractivity contribution is 5.87. The van der Waals surface area contributed by atoms with Crippen LogP contribution in [-0.4, -0.2) is 37.4 Å². The molecule has 0 radical (unpaired) electrons. The second-order valence-electron chi connectivity index (χ2n) is 6.16.